The minimum absolute atomic E-state index is 0.812. The van der Waals surface area contributed by atoms with Gasteiger partial charge in [-0.15, -0.1) is 0 Å². The zero-order chi connectivity index (χ0) is 11.4. The molecule has 94 valence electrons. The Morgan fingerprint density at radius 1 is 1.12 bits per heavy atom. The topological polar surface area (TPSA) is 12.0 Å². The summed E-state index contributed by atoms with van der Waals surface area (Å²) in [6.45, 7) is 5.81. The fourth-order valence-corrected chi connectivity index (χ4v) is 5.30. The second-order valence-electron chi connectivity index (χ2n) is 5.66. The van der Waals surface area contributed by atoms with E-state index in [0.717, 1.165) is 29.0 Å². The van der Waals surface area contributed by atoms with Crippen LogP contribution >= 0.6 is 11.8 Å². The molecule has 0 aromatic heterocycles. The molecule has 0 aromatic rings. The smallest absolute Gasteiger partial charge is 0.0203 e. The first-order chi connectivity index (χ1) is 7.79. The molecule has 2 fully saturated rings. The van der Waals surface area contributed by atoms with Crippen molar-refractivity contribution < 1.29 is 0 Å². The molecular formula is C14H27NS. The average molecular weight is 241 g/mol. The summed E-state index contributed by atoms with van der Waals surface area (Å²) in [7, 11) is 0. The first kappa shape index (κ1) is 12.8. The van der Waals surface area contributed by atoms with Gasteiger partial charge in [-0.1, -0.05) is 33.1 Å². The minimum Gasteiger partial charge on any atom is -0.313 e. The van der Waals surface area contributed by atoms with Crippen molar-refractivity contribution in [1.29, 1.82) is 0 Å². The van der Waals surface area contributed by atoms with Crippen molar-refractivity contribution in [1.82, 2.24) is 5.32 Å². The molecule has 2 aliphatic rings. The molecule has 1 nitrogen and oxygen atoms in total. The van der Waals surface area contributed by atoms with Gasteiger partial charge in [-0.05, 0) is 38.1 Å². The highest BCUT2D eigenvalue weighted by Gasteiger charge is 2.30. The molecule has 4 atom stereocenters. The average Bonchev–Trinajstić information content (AvgIpc) is 2.66. The highest BCUT2D eigenvalue weighted by atomic mass is 32.2. The third-order valence-electron chi connectivity index (χ3n) is 4.17. The normalized spacial score (nSPS) is 40.1. The molecule has 0 amide bonds. The lowest BCUT2D eigenvalue weighted by atomic mass is 9.91. The van der Waals surface area contributed by atoms with Crippen molar-refractivity contribution in [3.63, 3.8) is 0 Å². The summed E-state index contributed by atoms with van der Waals surface area (Å²) in [5.74, 6) is 0.977. The summed E-state index contributed by atoms with van der Waals surface area (Å²) in [6, 6.07) is 0.812. The molecule has 0 saturated heterocycles. The van der Waals surface area contributed by atoms with Crippen LogP contribution in [-0.2, 0) is 0 Å². The van der Waals surface area contributed by atoms with Crippen LogP contribution in [0.15, 0.2) is 0 Å². The van der Waals surface area contributed by atoms with Crippen LogP contribution in [0.1, 0.15) is 58.8 Å². The van der Waals surface area contributed by atoms with E-state index in [1.807, 2.05) is 0 Å². The summed E-state index contributed by atoms with van der Waals surface area (Å²) in [4.78, 5) is 0. The first-order valence-electron chi connectivity index (χ1n) is 7.18. The fourth-order valence-electron chi connectivity index (χ4n) is 3.33. The van der Waals surface area contributed by atoms with Crippen LogP contribution in [0.3, 0.4) is 0 Å². The van der Waals surface area contributed by atoms with Crippen LogP contribution in [0.4, 0.5) is 0 Å². The van der Waals surface area contributed by atoms with Crippen molar-refractivity contribution in [2.24, 2.45) is 5.92 Å². The number of hydrogen-bond acceptors (Lipinski definition) is 2. The Morgan fingerprint density at radius 3 is 2.69 bits per heavy atom. The van der Waals surface area contributed by atoms with Crippen LogP contribution in [0.2, 0.25) is 0 Å². The molecule has 2 aliphatic carbocycles. The van der Waals surface area contributed by atoms with E-state index in [4.69, 9.17) is 0 Å². The van der Waals surface area contributed by atoms with Gasteiger partial charge in [0.25, 0.3) is 0 Å². The van der Waals surface area contributed by atoms with E-state index in [1.165, 1.54) is 44.9 Å². The van der Waals surface area contributed by atoms with Crippen LogP contribution in [0, 0.1) is 5.92 Å². The third-order valence-corrected chi connectivity index (χ3v) is 5.90. The molecule has 0 aromatic carbocycles. The molecule has 0 spiro atoms. The van der Waals surface area contributed by atoms with Crippen molar-refractivity contribution in [3.8, 4) is 0 Å². The van der Waals surface area contributed by atoms with Gasteiger partial charge in [0.05, 0.1) is 0 Å². The van der Waals surface area contributed by atoms with E-state index >= 15 is 0 Å². The molecule has 1 N–H and O–H groups in total. The van der Waals surface area contributed by atoms with Crippen LogP contribution in [0.5, 0.6) is 0 Å². The predicted octanol–water partition coefficient (Wildman–Crippen LogP) is 3.83. The predicted molar refractivity (Wildman–Crippen MR) is 74.1 cm³/mol. The summed E-state index contributed by atoms with van der Waals surface area (Å²) in [5.41, 5.74) is 0. The molecule has 2 heteroatoms. The van der Waals surface area contributed by atoms with Gasteiger partial charge in [0, 0.05) is 16.5 Å². The molecule has 0 aliphatic heterocycles. The van der Waals surface area contributed by atoms with Gasteiger partial charge in [0.1, 0.15) is 0 Å². The highest BCUT2D eigenvalue weighted by molar-refractivity contribution is 8.00. The van der Waals surface area contributed by atoms with E-state index in [2.05, 4.69) is 30.9 Å². The molecule has 0 heterocycles. The molecule has 0 radical (unpaired) electrons. The first-order valence-corrected chi connectivity index (χ1v) is 8.12. The number of nitrogens with one attached hydrogen (secondary N) is 1. The fraction of sp³-hybridized carbons (Fsp3) is 1.00. The Labute approximate surface area is 105 Å². The van der Waals surface area contributed by atoms with Gasteiger partial charge in [0.2, 0.25) is 0 Å². The number of rotatable bonds is 4. The van der Waals surface area contributed by atoms with E-state index in [0.29, 0.717) is 0 Å². The van der Waals surface area contributed by atoms with Crippen molar-refractivity contribution in [2.45, 2.75) is 75.3 Å². The van der Waals surface area contributed by atoms with E-state index in [-0.39, 0.29) is 0 Å². The zero-order valence-electron chi connectivity index (χ0n) is 10.9. The molecule has 0 bridgehead atoms. The summed E-state index contributed by atoms with van der Waals surface area (Å²) < 4.78 is 0. The van der Waals surface area contributed by atoms with Gasteiger partial charge in [-0.3, -0.25) is 0 Å². The Balaban J connectivity index is 1.79. The summed E-state index contributed by atoms with van der Waals surface area (Å²) in [6.07, 6.45) is 10.2. The minimum atomic E-state index is 0.812. The summed E-state index contributed by atoms with van der Waals surface area (Å²) >= 11 is 2.32. The quantitative estimate of drug-likeness (QED) is 0.803. The monoisotopic (exact) mass is 241 g/mol. The van der Waals surface area contributed by atoms with E-state index < -0.39 is 0 Å². The van der Waals surface area contributed by atoms with Crippen molar-refractivity contribution in [3.05, 3.63) is 0 Å². The maximum absolute atomic E-state index is 3.67. The molecular weight excluding hydrogens is 214 g/mol. The van der Waals surface area contributed by atoms with Gasteiger partial charge >= 0.3 is 0 Å². The van der Waals surface area contributed by atoms with Gasteiger partial charge in [0.15, 0.2) is 0 Å². The molecule has 2 saturated carbocycles. The van der Waals surface area contributed by atoms with Crippen LogP contribution in [-0.4, -0.2) is 23.1 Å². The lowest BCUT2D eigenvalue weighted by molar-refractivity contribution is 0.393. The highest BCUT2D eigenvalue weighted by Crippen LogP contribution is 2.39. The van der Waals surface area contributed by atoms with Gasteiger partial charge < -0.3 is 5.32 Å². The Hall–Kier alpha value is 0.310. The lowest BCUT2D eigenvalue weighted by Gasteiger charge is -2.30. The molecule has 4 unspecified atom stereocenters. The second-order valence-corrected chi connectivity index (χ2v) is 7.21. The van der Waals surface area contributed by atoms with Crippen LogP contribution < -0.4 is 5.32 Å². The third kappa shape index (κ3) is 3.40. The standard InChI is InChI=1S/C14H27NS/c1-3-15-13-8-5-9-14(13)16-12-7-4-6-11(2)10-12/h11-15H,3-10H2,1-2H3. The molecule has 16 heavy (non-hydrogen) atoms. The van der Waals surface area contributed by atoms with Crippen LogP contribution in [0.25, 0.3) is 0 Å². The Kier molecular flexibility index (Phi) is 5.02. The number of thioether (sulfide) groups is 1. The maximum Gasteiger partial charge on any atom is 0.0203 e. The largest absolute Gasteiger partial charge is 0.313 e. The maximum atomic E-state index is 3.67. The summed E-state index contributed by atoms with van der Waals surface area (Å²) in [5, 5.41) is 5.55. The van der Waals surface area contributed by atoms with E-state index in [9.17, 15) is 0 Å². The van der Waals surface area contributed by atoms with Gasteiger partial charge in [-0.2, -0.15) is 11.8 Å². The Morgan fingerprint density at radius 2 is 1.94 bits per heavy atom. The van der Waals surface area contributed by atoms with E-state index in [1.54, 1.807) is 0 Å². The zero-order valence-corrected chi connectivity index (χ0v) is 11.7. The lowest BCUT2D eigenvalue weighted by Crippen LogP contribution is -2.35. The van der Waals surface area contributed by atoms with Gasteiger partial charge in [-0.25, -0.2) is 0 Å². The Bertz CT molecular complexity index is 207. The SMILES string of the molecule is CCNC1CCCC1SC1CCCC(C)C1. The second kappa shape index (κ2) is 6.30. The van der Waals surface area contributed by atoms with Crippen molar-refractivity contribution in [2.75, 3.05) is 6.54 Å². The van der Waals surface area contributed by atoms with Crippen molar-refractivity contribution >= 4 is 11.8 Å². The number of hydrogen-bond donors (Lipinski definition) is 1. The molecule has 2 rings (SSSR count).